The normalized spacial score (nSPS) is 13.3. The molecule has 2 aromatic carbocycles. The van der Waals surface area contributed by atoms with Crippen molar-refractivity contribution in [3.8, 4) is 16.6 Å². The van der Waals surface area contributed by atoms with Gasteiger partial charge in [0.1, 0.15) is 5.82 Å². The Morgan fingerprint density at radius 3 is 2.77 bits per heavy atom. The molecular formula is C24H22N4O2S. The lowest BCUT2D eigenvalue weighted by molar-refractivity contribution is 0.100. The number of nitrogens with one attached hydrogen (secondary N) is 1. The van der Waals surface area contributed by atoms with Crippen LogP contribution in [-0.4, -0.2) is 22.5 Å². The maximum atomic E-state index is 11.8. The van der Waals surface area contributed by atoms with Gasteiger partial charge in [0, 0.05) is 28.3 Å². The maximum absolute atomic E-state index is 11.8. The fourth-order valence-electron chi connectivity index (χ4n) is 3.87. The number of carbonyl (C=O) groups is 1. The van der Waals surface area contributed by atoms with Crippen LogP contribution >= 0.6 is 11.3 Å². The number of benzene rings is 2. The summed E-state index contributed by atoms with van der Waals surface area (Å²) in [4.78, 5) is 22.4. The molecule has 0 spiro atoms. The highest BCUT2D eigenvalue weighted by Gasteiger charge is 2.21. The molecule has 1 aliphatic rings. The fraction of sp³-hybridized carbons (Fsp3) is 0.208. The van der Waals surface area contributed by atoms with Crippen LogP contribution in [0.25, 0.3) is 21.5 Å². The lowest BCUT2D eigenvalue weighted by Gasteiger charge is -2.14. The van der Waals surface area contributed by atoms with Crippen molar-refractivity contribution in [1.82, 2.24) is 9.97 Å². The fourth-order valence-corrected chi connectivity index (χ4v) is 4.86. The van der Waals surface area contributed by atoms with Crippen molar-refractivity contribution in [1.29, 1.82) is 0 Å². The second kappa shape index (κ2) is 8.35. The van der Waals surface area contributed by atoms with Gasteiger partial charge in [0.05, 0.1) is 17.0 Å². The van der Waals surface area contributed by atoms with Crippen molar-refractivity contribution in [2.45, 2.75) is 25.8 Å². The molecule has 0 bridgehead atoms. The number of fused-ring (bicyclic) bond motifs is 2. The summed E-state index contributed by atoms with van der Waals surface area (Å²) < 4.78 is 5.99. The van der Waals surface area contributed by atoms with E-state index in [1.165, 1.54) is 16.9 Å². The zero-order chi connectivity index (χ0) is 21.2. The van der Waals surface area contributed by atoms with Crippen molar-refractivity contribution in [2.75, 3.05) is 11.9 Å². The largest absolute Gasteiger partial charge is 0.477 e. The number of amides is 1. The number of nitrogens with two attached hydrogens (primary N) is 1. The lowest BCUT2D eigenvalue weighted by Crippen LogP contribution is -2.10. The minimum Gasteiger partial charge on any atom is -0.477 e. The molecule has 0 fully saturated rings. The van der Waals surface area contributed by atoms with E-state index in [0.29, 0.717) is 30.4 Å². The van der Waals surface area contributed by atoms with Crippen molar-refractivity contribution in [2.24, 2.45) is 5.73 Å². The Balaban J connectivity index is 1.59. The first-order chi connectivity index (χ1) is 15.2. The molecule has 0 saturated carbocycles. The number of hydrogen-bond acceptors (Lipinski definition) is 6. The Kier molecular flexibility index (Phi) is 5.26. The minimum absolute atomic E-state index is 0.439. The first-order valence-corrected chi connectivity index (χ1v) is 11.2. The highest BCUT2D eigenvalue weighted by molar-refractivity contribution is 7.15. The molecule has 0 radical (unpaired) electrons. The van der Waals surface area contributed by atoms with Crippen molar-refractivity contribution in [3.05, 3.63) is 70.6 Å². The highest BCUT2D eigenvalue weighted by atomic mass is 32.1. The third kappa shape index (κ3) is 3.84. The number of thiophene rings is 1. The summed E-state index contributed by atoms with van der Waals surface area (Å²) in [6.07, 6.45) is 2.91. The predicted molar refractivity (Wildman–Crippen MR) is 124 cm³/mol. The Morgan fingerprint density at radius 2 is 1.94 bits per heavy atom. The van der Waals surface area contributed by atoms with Gasteiger partial charge in [-0.25, -0.2) is 4.98 Å². The van der Waals surface area contributed by atoms with Gasteiger partial charge in [-0.3, -0.25) is 4.79 Å². The number of rotatable bonds is 5. The summed E-state index contributed by atoms with van der Waals surface area (Å²) in [5.41, 5.74) is 8.27. The second-order valence-corrected chi connectivity index (χ2v) is 8.40. The van der Waals surface area contributed by atoms with Crippen LogP contribution in [0, 0.1) is 0 Å². The molecule has 0 unspecified atom stereocenters. The van der Waals surface area contributed by atoms with Gasteiger partial charge < -0.3 is 15.8 Å². The molecule has 0 atom stereocenters. The molecule has 3 heterocycles. The number of aromatic nitrogens is 2. The molecule has 7 heteroatoms. The average Bonchev–Trinajstić information content (AvgIpc) is 3.08. The lowest BCUT2D eigenvalue weighted by atomic mass is 10.1. The Morgan fingerprint density at radius 1 is 1.06 bits per heavy atom. The van der Waals surface area contributed by atoms with Gasteiger partial charge in [-0.1, -0.05) is 42.5 Å². The number of nitrogens with zero attached hydrogens (tertiary/aromatic N) is 2. The summed E-state index contributed by atoms with van der Waals surface area (Å²) in [6.45, 7) is 1.32. The maximum Gasteiger partial charge on any atom is 0.249 e. The van der Waals surface area contributed by atoms with Crippen LogP contribution in [0.5, 0.6) is 5.88 Å². The number of ether oxygens (including phenoxy) is 1. The molecule has 6 nitrogen and oxygen atoms in total. The van der Waals surface area contributed by atoms with Gasteiger partial charge in [0.2, 0.25) is 11.8 Å². The topological polar surface area (TPSA) is 90.1 Å². The first-order valence-electron chi connectivity index (χ1n) is 10.3. The van der Waals surface area contributed by atoms with E-state index in [2.05, 4.69) is 17.4 Å². The van der Waals surface area contributed by atoms with Crippen LogP contribution in [0.4, 0.5) is 5.82 Å². The van der Waals surface area contributed by atoms with E-state index in [-0.39, 0.29) is 0 Å². The molecule has 0 saturated heterocycles. The van der Waals surface area contributed by atoms with Crippen LogP contribution in [0.3, 0.4) is 0 Å². The van der Waals surface area contributed by atoms with Crippen LogP contribution < -0.4 is 15.8 Å². The third-order valence-electron chi connectivity index (χ3n) is 5.45. The Hall–Kier alpha value is -3.45. The van der Waals surface area contributed by atoms with Crippen LogP contribution in [0.15, 0.2) is 53.9 Å². The van der Waals surface area contributed by atoms with Gasteiger partial charge in [0.15, 0.2) is 5.82 Å². The molecule has 1 amide bonds. The molecule has 3 N–H and O–H groups in total. The number of primary amides is 1. The van der Waals surface area contributed by atoms with Gasteiger partial charge in [-0.05, 0) is 30.9 Å². The monoisotopic (exact) mass is 430 g/mol. The summed E-state index contributed by atoms with van der Waals surface area (Å²) >= 11 is 1.51. The van der Waals surface area contributed by atoms with Crippen molar-refractivity contribution < 1.29 is 9.53 Å². The van der Waals surface area contributed by atoms with E-state index in [1.807, 2.05) is 35.7 Å². The molecule has 1 aliphatic heterocycles. The van der Waals surface area contributed by atoms with E-state index in [1.54, 1.807) is 6.07 Å². The first kappa shape index (κ1) is 19.5. The molecule has 31 heavy (non-hydrogen) atoms. The SMILES string of the molecule is NC(=O)c1cccc2c(-c3nc(NCc4ccccc4)c4c(n3)OCCCC4)scc12. The predicted octanol–water partition coefficient (Wildman–Crippen LogP) is 4.78. The van der Waals surface area contributed by atoms with E-state index < -0.39 is 5.91 Å². The number of hydrogen-bond donors (Lipinski definition) is 2. The second-order valence-electron chi connectivity index (χ2n) is 7.52. The van der Waals surface area contributed by atoms with E-state index in [9.17, 15) is 4.79 Å². The molecule has 2 aromatic heterocycles. The number of carbonyl (C=O) groups excluding carboxylic acids is 1. The summed E-state index contributed by atoms with van der Waals surface area (Å²) in [7, 11) is 0. The van der Waals surface area contributed by atoms with E-state index in [4.69, 9.17) is 20.4 Å². The summed E-state index contributed by atoms with van der Waals surface area (Å²) in [5, 5.41) is 7.19. The standard InChI is InChI=1S/C24H22N4O2S/c25-21(29)17-11-6-10-16-19(17)14-31-20(16)23-27-22(26-13-15-7-2-1-3-8-15)18-9-4-5-12-30-24(18)28-23/h1-3,6-8,10-11,14H,4-5,9,12-13H2,(H2,25,29)(H,26,27,28). The highest BCUT2D eigenvalue weighted by Crippen LogP contribution is 2.38. The Bertz CT molecular complexity index is 1250. The van der Waals surface area contributed by atoms with Gasteiger partial charge >= 0.3 is 0 Å². The van der Waals surface area contributed by atoms with Gasteiger partial charge in [-0.15, -0.1) is 11.3 Å². The molecule has 156 valence electrons. The third-order valence-corrected chi connectivity index (χ3v) is 6.44. The zero-order valence-corrected chi connectivity index (χ0v) is 17.7. The Labute approximate surface area is 184 Å². The zero-order valence-electron chi connectivity index (χ0n) is 16.9. The number of anilines is 1. The summed E-state index contributed by atoms with van der Waals surface area (Å²) in [6, 6.07) is 15.8. The average molecular weight is 431 g/mol. The summed E-state index contributed by atoms with van der Waals surface area (Å²) in [5.74, 6) is 1.60. The molecule has 5 rings (SSSR count). The van der Waals surface area contributed by atoms with E-state index >= 15 is 0 Å². The van der Waals surface area contributed by atoms with Crippen molar-refractivity contribution >= 4 is 33.8 Å². The van der Waals surface area contributed by atoms with E-state index in [0.717, 1.165) is 46.3 Å². The molecule has 4 aromatic rings. The van der Waals surface area contributed by atoms with Crippen LogP contribution in [-0.2, 0) is 13.0 Å². The van der Waals surface area contributed by atoms with Crippen LogP contribution in [0.2, 0.25) is 0 Å². The van der Waals surface area contributed by atoms with Crippen molar-refractivity contribution in [3.63, 3.8) is 0 Å². The molecule has 0 aliphatic carbocycles. The minimum atomic E-state index is -0.439. The van der Waals surface area contributed by atoms with Gasteiger partial charge in [-0.2, -0.15) is 4.98 Å². The smallest absolute Gasteiger partial charge is 0.249 e. The van der Waals surface area contributed by atoms with Gasteiger partial charge in [0.25, 0.3) is 0 Å². The molecular weight excluding hydrogens is 408 g/mol. The quantitative estimate of drug-likeness (QED) is 0.475. The van der Waals surface area contributed by atoms with Crippen LogP contribution in [0.1, 0.15) is 34.3 Å².